The highest BCUT2D eigenvalue weighted by Gasteiger charge is 2.06. The Morgan fingerprint density at radius 2 is 2.29 bits per heavy atom. The lowest BCUT2D eigenvalue weighted by Gasteiger charge is -2.09. The van der Waals surface area contributed by atoms with E-state index in [-0.39, 0.29) is 0 Å². The van der Waals surface area contributed by atoms with Crippen molar-refractivity contribution in [2.45, 2.75) is 6.54 Å². The number of rotatable bonds is 4. The summed E-state index contributed by atoms with van der Waals surface area (Å²) in [7, 11) is 1.89. The third-order valence-corrected chi connectivity index (χ3v) is 2.65. The molecule has 0 aliphatic heterocycles. The molecule has 0 atom stereocenters. The topological polar surface area (TPSA) is 68.8 Å². The molecule has 0 spiro atoms. The van der Waals surface area contributed by atoms with Crippen molar-refractivity contribution in [3.05, 3.63) is 41.9 Å². The number of aromatic nitrogens is 3. The predicted molar refractivity (Wildman–Crippen MR) is 70.7 cm³/mol. The molecule has 2 aromatic rings. The fourth-order valence-corrected chi connectivity index (χ4v) is 1.66. The maximum Gasteiger partial charge on any atom is 0.136 e. The Labute approximate surface area is 105 Å². The second-order valence-corrected chi connectivity index (χ2v) is 4.00. The minimum Gasteiger partial charge on any atom is -0.389 e. The van der Waals surface area contributed by atoms with Crippen molar-refractivity contribution in [2.24, 2.45) is 12.8 Å². The van der Waals surface area contributed by atoms with Crippen LogP contribution in [0.4, 0.5) is 5.82 Å². The number of thiocarbonyl (C=S) groups is 1. The van der Waals surface area contributed by atoms with E-state index in [0.717, 1.165) is 11.3 Å². The van der Waals surface area contributed by atoms with E-state index in [2.05, 4.69) is 15.4 Å². The molecule has 0 saturated carbocycles. The molecule has 2 rings (SSSR count). The highest BCUT2D eigenvalue weighted by molar-refractivity contribution is 7.80. The predicted octanol–water partition coefficient (Wildman–Crippen LogP) is 1.06. The first-order valence-corrected chi connectivity index (χ1v) is 5.55. The molecule has 6 heteroatoms. The van der Waals surface area contributed by atoms with Crippen molar-refractivity contribution in [1.29, 1.82) is 0 Å². The number of nitrogens with one attached hydrogen (secondary N) is 1. The third kappa shape index (κ3) is 2.59. The SMILES string of the molecule is Cn1nccc1CNc1ncccc1C(N)=S. The minimum atomic E-state index is 0.339. The fourth-order valence-electron chi connectivity index (χ4n) is 1.49. The zero-order chi connectivity index (χ0) is 12.3. The second-order valence-electron chi connectivity index (χ2n) is 3.56. The van der Waals surface area contributed by atoms with E-state index in [1.807, 2.05) is 25.2 Å². The van der Waals surface area contributed by atoms with Gasteiger partial charge in [-0.15, -0.1) is 0 Å². The van der Waals surface area contributed by atoms with Crippen LogP contribution in [0.15, 0.2) is 30.6 Å². The van der Waals surface area contributed by atoms with E-state index < -0.39 is 0 Å². The zero-order valence-corrected chi connectivity index (χ0v) is 10.2. The zero-order valence-electron chi connectivity index (χ0n) is 9.42. The minimum absolute atomic E-state index is 0.339. The largest absolute Gasteiger partial charge is 0.389 e. The maximum atomic E-state index is 5.63. The van der Waals surface area contributed by atoms with Gasteiger partial charge in [0.25, 0.3) is 0 Å². The number of pyridine rings is 1. The van der Waals surface area contributed by atoms with Gasteiger partial charge in [0.15, 0.2) is 0 Å². The van der Waals surface area contributed by atoms with Crippen molar-refractivity contribution in [2.75, 3.05) is 5.32 Å². The summed E-state index contributed by atoms with van der Waals surface area (Å²) < 4.78 is 1.80. The summed E-state index contributed by atoms with van der Waals surface area (Å²) in [5, 5.41) is 7.29. The summed E-state index contributed by atoms with van der Waals surface area (Å²) in [4.78, 5) is 4.56. The quantitative estimate of drug-likeness (QED) is 0.791. The van der Waals surface area contributed by atoms with E-state index in [1.54, 1.807) is 17.1 Å². The molecule has 0 amide bonds. The number of nitrogens with two attached hydrogens (primary N) is 1. The van der Waals surface area contributed by atoms with Crippen molar-refractivity contribution < 1.29 is 0 Å². The monoisotopic (exact) mass is 247 g/mol. The first-order valence-electron chi connectivity index (χ1n) is 5.14. The van der Waals surface area contributed by atoms with Crippen LogP contribution in [0.5, 0.6) is 0 Å². The van der Waals surface area contributed by atoms with Gasteiger partial charge in [-0.1, -0.05) is 12.2 Å². The van der Waals surface area contributed by atoms with Crippen LogP contribution >= 0.6 is 12.2 Å². The summed E-state index contributed by atoms with van der Waals surface area (Å²) in [5.41, 5.74) is 7.44. The summed E-state index contributed by atoms with van der Waals surface area (Å²) in [6, 6.07) is 5.60. The van der Waals surface area contributed by atoms with Gasteiger partial charge in [0.1, 0.15) is 10.8 Å². The van der Waals surface area contributed by atoms with Gasteiger partial charge in [-0.25, -0.2) is 4.98 Å². The van der Waals surface area contributed by atoms with Gasteiger partial charge in [0, 0.05) is 19.4 Å². The molecule has 0 aliphatic carbocycles. The fraction of sp³-hybridized carbons (Fsp3) is 0.182. The number of hydrogen-bond acceptors (Lipinski definition) is 4. The first-order chi connectivity index (χ1) is 8.18. The molecule has 17 heavy (non-hydrogen) atoms. The Balaban J connectivity index is 2.14. The van der Waals surface area contributed by atoms with Crippen LogP contribution in [0.2, 0.25) is 0 Å². The van der Waals surface area contributed by atoms with E-state index in [0.29, 0.717) is 17.4 Å². The summed E-state index contributed by atoms with van der Waals surface area (Å²) in [5.74, 6) is 0.696. The van der Waals surface area contributed by atoms with Crippen molar-refractivity contribution in [1.82, 2.24) is 14.8 Å². The molecular formula is C11H13N5S. The van der Waals surface area contributed by atoms with E-state index in [4.69, 9.17) is 18.0 Å². The van der Waals surface area contributed by atoms with Gasteiger partial charge in [-0.3, -0.25) is 4.68 Å². The number of aryl methyl sites for hydroxylation is 1. The third-order valence-electron chi connectivity index (χ3n) is 2.43. The molecule has 2 heterocycles. The maximum absolute atomic E-state index is 5.63. The van der Waals surface area contributed by atoms with Crippen LogP contribution in [0.1, 0.15) is 11.3 Å². The standard InChI is InChI=1S/C11H13N5S/c1-16-8(4-6-15-16)7-14-11-9(10(12)17)3-2-5-13-11/h2-6H,7H2,1H3,(H2,12,17)(H,13,14). The molecule has 0 fully saturated rings. The molecule has 88 valence electrons. The molecule has 0 bridgehead atoms. The van der Waals surface area contributed by atoms with Crippen LogP contribution in [0, 0.1) is 0 Å². The molecule has 2 aromatic heterocycles. The molecule has 0 aliphatic rings. The number of nitrogens with zero attached hydrogens (tertiary/aromatic N) is 3. The van der Waals surface area contributed by atoms with E-state index >= 15 is 0 Å². The van der Waals surface area contributed by atoms with E-state index in [1.165, 1.54) is 0 Å². The molecule has 0 saturated heterocycles. The smallest absolute Gasteiger partial charge is 0.136 e. The summed E-state index contributed by atoms with van der Waals surface area (Å²) in [6.07, 6.45) is 3.46. The van der Waals surface area contributed by atoms with Crippen molar-refractivity contribution in [3.63, 3.8) is 0 Å². The Bertz CT molecular complexity index is 534. The highest BCUT2D eigenvalue weighted by Crippen LogP contribution is 2.12. The van der Waals surface area contributed by atoms with Gasteiger partial charge in [-0.05, 0) is 18.2 Å². The average Bonchev–Trinajstić information content (AvgIpc) is 2.72. The lowest BCUT2D eigenvalue weighted by molar-refractivity contribution is 0.720. The molecule has 0 radical (unpaired) electrons. The van der Waals surface area contributed by atoms with Gasteiger partial charge in [0.05, 0.1) is 17.8 Å². The molecule has 5 nitrogen and oxygen atoms in total. The first kappa shape index (κ1) is 11.5. The molecule has 0 aromatic carbocycles. The Morgan fingerprint density at radius 1 is 1.47 bits per heavy atom. The highest BCUT2D eigenvalue weighted by atomic mass is 32.1. The molecular weight excluding hydrogens is 234 g/mol. The Kier molecular flexibility index (Phi) is 3.34. The van der Waals surface area contributed by atoms with Gasteiger partial charge in [0.2, 0.25) is 0 Å². The van der Waals surface area contributed by atoms with Crippen LogP contribution < -0.4 is 11.1 Å². The molecule has 3 N–H and O–H groups in total. The van der Waals surface area contributed by atoms with Crippen LogP contribution in [0.3, 0.4) is 0 Å². The van der Waals surface area contributed by atoms with Crippen LogP contribution in [0.25, 0.3) is 0 Å². The Morgan fingerprint density at radius 3 is 2.94 bits per heavy atom. The van der Waals surface area contributed by atoms with Crippen LogP contribution in [-0.4, -0.2) is 19.8 Å². The summed E-state index contributed by atoms with van der Waals surface area (Å²) >= 11 is 4.97. The Hall–Kier alpha value is -1.95. The van der Waals surface area contributed by atoms with E-state index in [9.17, 15) is 0 Å². The van der Waals surface area contributed by atoms with Crippen molar-refractivity contribution in [3.8, 4) is 0 Å². The second kappa shape index (κ2) is 4.92. The van der Waals surface area contributed by atoms with Gasteiger partial charge < -0.3 is 11.1 Å². The average molecular weight is 247 g/mol. The van der Waals surface area contributed by atoms with Gasteiger partial charge >= 0.3 is 0 Å². The number of anilines is 1. The van der Waals surface area contributed by atoms with Crippen LogP contribution in [-0.2, 0) is 13.6 Å². The van der Waals surface area contributed by atoms with Crippen molar-refractivity contribution >= 4 is 23.0 Å². The lowest BCUT2D eigenvalue weighted by atomic mass is 10.2. The lowest BCUT2D eigenvalue weighted by Crippen LogP contribution is -2.15. The molecule has 0 unspecified atom stereocenters. The summed E-state index contributed by atoms with van der Waals surface area (Å²) in [6.45, 7) is 0.628. The normalized spacial score (nSPS) is 10.2. The number of hydrogen-bond donors (Lipinski definition) is 2. The van der Waals surface area contributed by atoms with Gasteiger partial charge in [-0.2, -0.15) is 5.10 Å².